The number of rotatable bonds is 14. The average Bonchev–Trinajstić information content (AvgIpc) is 2.92. The van der Waals surface area contributed by atoms with Crippen molar-refractivity contribution in [1.29, 1.82) is 0 Å². The second-order valence-electron chi connectivity index (χ2n) is 10.6. The SMILES string of the molecule is CO[C@H](C)CN(CCCCC1=C(\C)CCC2=C(/C=C\1)CCCN2)CC[C@H](Nc1cc(C(F)(F)F)ncn1)C(=O)O. The van der Waals surface area contributed by atoms with Crippen LogP contribution >= 0.6 is 0 Å². The molecule has 1 aromatic heterocycles. The first-order chi connectivity index (χ1) is 19.1. The lowest BCUT2D eigenvalue weighted by Crippen LogP contribution is -2.38. The first-order valence-corrected chi connectivity index (χ1v) is 14.0. The molecule has 8 nitrogen and oxygen atoms in total. The third-order valence-corrected chi connectivity index (χ3v) is 7.53. The molecule has 0 saturated carbocycles. The van der Waals surface area contributed by atoms with Crippen molar-refractivity contribution in [1.82, 2.24) is 20.2 Å². The molecule has 0 fully saturated rings. The third-order valence-electron chi connectivity index (χ3n) is 7.53. The zero-order valence-electron chi connectivity index (χ0n) is 23.7. The zero-order valence-corrected chi connectivity index (χ0v) is 23.7. The van der Waals surface area contributed by atoms with Crippen LogP contribution in [-0.2, 0) is 15.7 Å². The quantitative estimate of drug-likeness (QED) is 0.252. The van der Waals surface area contributed by atoms with Crippen molar-refractivity contribution < 1.29 is 27.8 Å². The van der Waals surface area contributed by atoms with E-state index in [9.17, 15) is 23.1 Å². The molecule has 2 atom stereocenters. The molecular formula is C29H42F3N5O3. The lowest BCUT2D eigenvalue weighted by Gasteiger charge is -2.27. The highest BCUT2D eigenvalue weighted by Gasteiger charge is 2.33. The Balaban J connectivity index is 1.55. The molecule has 1 aliphatic carbocycles. The number of halogens is 3. The van der Waals surface area contributed by atoms with Crippen LogP contribution < -0.4 is 10.6 Å². The van der Waals surface area contributed by atoms with Gasteiger partial charge in [-0.2, -0.15) is 13.2 Å². The molecule has 0 radical (unpaired) electrons. The van der Waals surface area contributed by atoms with Crippen LogP contribution in [0.5, 0.6) is 0 Å². The first-order valence-electron chi connectivity index (χ1n) is 14.0. The maximum Gasteiger partial charge on any atom is 0.433 e. The molecule has 0 amide bonds. The largest absolute Gasteiger partial charge is 0.480 e. The fourth-order valence-corrected chi connectivity index (χ4v) is 5.05. The van der Waals surface area contributed by atoms with Crippen LogP contribution in [0.25, 0.3) is 0 Å². The van der Waals surface area contributed by atoms with Gasteiger partial charge < -0.3 is 25.4 Å². The number of hydrogen-bond acceptors (Lipinski definition) is 7. The Morgan fingerprint density at radius 3 is 2.73 bits per heavy atom. The van der Waals surface area contributed by atoms with Gasteiger partial charge in [0.2, 0.25) is 0 Å². The van der Waals surface area contributed by atoms with Gasteiger partial charge in [0.05, 0.1) is 6.10 Å². The molecule has 0 spiro atoms. The van der Waals surface area contributed by atoms with E-state index in [1.807, 2.05) is 6.92 Å². The summed E-state index contributed by atoms with van der Waals surface area (Å²) >= 11 is 0. The Morgan fingerprint density at radius 2 is 2.00 bits per heavy atom. The minimum Gasteiger partial charge on any atom is -0.480 e. The molecule has 1 aliphatic heterocycles. The van der Waals surface area contributed by atoms with Crippen LogP contribution in [0.4, 0.5) is 19.0 Å². The molecule has 11 heteroatoms. The van der Waals surface area contributed by atoms with Crippen molar-refractivity contribution >= 4 is 11.8 Å². The molecule has 1 aromatic rings. The number of nitrogens with zero attached hydrogens (tertiary/aromatic N) is 3. The lowest BCUT2D eigenvalue weighted by atomic mass is 9.91. The van der Waals surface area contributed by atoms with Gasteiger partial charge in [-0.3, -0.25) is 0 Å². The van der Waals surface area contributed by atoms with E-state index in [2.05, 4.69) is 44.6 Å². The van der Waals surface area contributed by atoms with E-state index in [0.29, 0.717) is 13.1 Å². The number of carboxylic acids is 1. The lowest BCUT2D eigenvalue weighted by molar-refractivity contribution is -0.141. The predicted molar refractivity (Wildman–Crippen MR) is 149 cm³/mol. The molecule has 3 N–H and O–H groups in total. The number of anilines is 1. The topological polar surface area (TPSA) is 99.6 Å². The van der Waals surface area contributed by atoms with Crippen molar-refractivity contribution in [2.75, 3.05) is 38.6 Å². The van der Waals surface area contributed by atoms with Crippen LogP contribution in [0.2, 0.25) is 0 Å². The van der Waals surface area contributed by atoms with Gasteiger partial charge in [-0.1, -0.05) is 17.7 Å². The van der Waals surface area contributed by atoms with Crippen molar-refractivity contribution in [3.8, 4) is 0 Å². The molecule has 0 saturated heterocycles. The number of hydrogen-bond donors (Lipinski definition) is 3. The number of aromatic nitrogens is 2. The summed E-state index contributed by atoms with van der Waals surface area (Å²) < 4.78 is 44.4. The van der Waals surface area contributed by atoms with E-state index in [1.54, 1.807) is 7.11 Å². The summed E-state index contributed by atoms with van der Waals surface area (Å²) in [4.78, 5) is 21.1. The van der Waals surface area contributed by atoms with Gasteiger partial charge in [0.25, 0.3) is 0 Å². The second-order valence-corrected chi connectivity index (χ2v) is 10.6. The summed E-state index contributed by atoms with van der Waals surface area (Å²) in [6.07, 6.45) is 8.18. The smallest absolute Gasteiger partial charge is 0.433 e. The van der Waals surface area contributed by atoms with Gasteiger partial charge in [-0.05, 0) is 82.9 Å². The number of allylic oxidation sites excluding steroid dienone is 6. The normalized spacial score (nSPS) is 20.3. The van der Waals surface area contributed by atoms with Crippen LogP contribution in [0.1, 0.15) is 70.9 Å². The number of aliphatic carboxylic acids is 1. The molecule has 222 valence electrons. The standard InChI is InChI=1S/C29H42F3N5O3/c1-20-9-12-24-23(8-6-14-33-24)11-10-22(20)7-4-5-15-37(18-21(2)40-3)16-13-25(28(38)39)36-27-17-26(29(30,31)32)34-19-35-27/h10-11,17,19,21,25,33H,4-9,12-16,18H2,1-3H3,(H,38,39)(H,34,35,36)/b11-10-,22-20-/t21-,25+/m1/s1. The van der Waals surface area contributed by atoms with E-state index < -0.39 is 23.9 Å². The number of carboxylic acid groups (broad SMARTS) is 1. The summed E-state index contributed by atoms with van der Waals surface area (Å²) in [6.45, 7) is 7.07. The van der Waals surface area contributed by atoms with E-state index >= 15 is 0 Å². The molecule has 40 heavy (non-hydrogen) atoms. The van der Waals surface area contributed by atoms with Gasteiger partial charge in [0.1, 0.15) is 23.9 Å². The number of unbranched alkanes of at least 4 members (excludes halogenated alkanes) is 1. The van der Waals surface area contributed by atoms with E-state index in [1.165, 1.54) is 28.8 Å². The van der Waals surface area contributed by atoms with E-state index in [4.69, 9.17) is 4.74 Å². The van der Waals surface area contributed by atoms with Crippen molar-refractivity contribution in [2.45, 2.75) is 83.5 Å². The fourth-order valence-electron chi connectivity index (χ4n) is 5.05. The predicted octanol–water partition coefficient (Wildman–Crippen LogP) is 5.56. The van der Waals surface area contributed by atoms with Crippen molar-refractivity contribution in [3.05, 3.63) is 52.7 Å². The molecular weight excluding hydrogens is 523 g/mol. The second kappa shape index (κ2) is 15.2. The van der Waals surface area contributed by atoms with Crippen LogP contribution in [0.15, 0.2) is 47.0 Å². The number of carbonyl (C=O) groups is 1. The molecule has 2 heterocycles. The number of methoxy groups -OCH3 is 1. The Labute approximate surface area is 234 Å². The summed E-state index contributed by atoms with van der Waals surface area (Å²) in [5.41, 5.74) is 4.51. The molecule has 0 aromatic carbocycles. The minimum absolute atomic E-state index is 0.0440. The van der Waals surface area contributed by atoms with Crippen LogP contribution in [-0.4, -0.2) is 71.4 Å². The molecule has 0 unspecified atom stereocenters. The molecule has 3 rings (SSSR count). The van der Waals surface area contributed by atoms with Crippen LogP contribution in [0, 0.1) is 0 Å². The van der Waals surface area contributed by atoms with E-state index in [-0.39, 0.29) is 18.3 Å². The highest BCUT2D eigenvalue weighted by atomic mass is 19.4. The number of nitrogens with one attached hydrogen (secondary N) is 2. The Kier molecular flexibility index (Phi) is 12.0. The summed E-state index contributed by atoms with van der Waals surface area (Å²) in [7, 11) is 1.64. The summed E-state index contributed by atoms with van der Waals surface area (Å²) in [5, 5.41) is 15.9. The Bertz CT molecular complexity index is 1090. The first kappa shape index (κ1) is 31.6. The maximum atomic E-state index is 13.0. The van der Waals surface area contributed by atoms with Gasteiger partial charge in [0, 0.05) is 38.5 Å². The molecule has 0 bridgehead atoms. The maximum absolute atomic E-state index is 13.0. The van der Waals surface area contributed by atoms with Crippen LogP contribution in [0.3, 0.4) is 0 Å². The summed E-state index contributed by atoms with van der Waals surface area (Å²) in [6, 6.07) is -0.374. The molecule has 2 aliphatic rings. The average molecular weight is 566 g/mol. The van der Waals surface area contributed by atoms with Crippen molar-refractivity contribution in [3.63, 3.8) is 0 Å². The van der Waals surface area contributed by atoms with Crippen molar-refractivity contribution in [2.24, 2.45) is 0 Å². The fraction of sp³-hybridized carbons (Fsp3) is 0.621. The Morgan fingerprint density at radius 1 is 1.20 bits per heavy atom. The van der Waals surface area contributed by atoms with Gasteiger partial charge >= 0.3 is 12.1 Å². The minimum atomic E-state index is -4.64. The van der Waals surface area contributed by atoms with Gasteiger partial charge in [-0.25, -0.2) is 14.8 Å². The Hall–Kier alpha value is -2.92. The zero-order chi connectivity index (χ0) is 29.1. The number of ether oxygens (including phenoxy) is 1. The summed E-state index contributed by atoms with van der Waals surface area (Å²) in [5.74, 6) is -1.33. The highest BCUT2D eigenvalue weighted by molar-refractivity contribution is 5.76. The highest BCUT2D eigenvalue weighted by Crippen LogP contribution is 2.29. The van der Waals surface area contributed by atoms with Gasteiger partial charge in [0.15, 0.2) is 0 Å². The van der Waals surface area contributed by atoms with E-state index in [0.717, 1.165) is 64.0 Å². The van der Waals surface area contributed by atoms with Gasteiger partial charge in [-0.15, -0.1) is 0 Å². The third kappa shape index (κ3) is 9.92. The number of alkyl halides is 3. The monoisotopic (exact) mass is 565 g/mol.